The SMILES string of the molecule is CC(=O)NC1C(O)OC(CO)C(O)C1OCC(=O)NC(C)Cc1ccccc1. The summed E-state index contributed by atoms with van der Waals surface area (Å²) < 4.78 is 10.6. The lowest BCUT2D eigenvalue weighted by Gasteiger charge is -2.42. The van der Waals surface area contributed by atoms with E-state index in [1.807, 2.05) is 37.3 Å². The van der Waals surface area contributed by atoms with E-state index >= 15 is 0 Å². The van der Waals surface area contributed by atoms with Crippen LogP contribution in [0.3, 0.4) is 0 Å². The molecular weight excluding hydrogens is 368 g/mol. The molecule has 9 heteroatoms. The van der Waals surface area contributed by atoms with E-state index in [9.17, 15) is 24.9 Å². The minimum absolute atomic E-state index is 0.139. The molecule has 0 radical (unpaired) electrons. The summed E-state index contributed by atoms with van der Waals surface area (Å²) in [6.07, 6.45) is -4.40. The molecule has 0 saturated carbocycles. The Morgan fingerprint density at radius 1 is 1.25 bits per heavy atom. The van der Waals surface area contributed by atoms with Gasteiger partial charge in [0.25, 0.3) is 0 Å². The number of aliphatic hydroxyl groups excluding tert-OH is 3. The second-order valence-electron chi connectivity index (χ2n) is 6.90. The van der Waals surface area contributed by atoms with Crippen LogP contribution in [0.2, 0.25) is 0 Å². The smallest absolute Gasteiger partial charge is 0.246 e. The summed E-state index contributed by atoms with van der Waals surface area (Å²) in [5.74, 6) is -0.865. The van der Waals surface area contributed by atoms with Gasteiger partial charge < -0.3 is 35.4 Å². The first-order chi connectivity index (χ1) is 13.3. The normalized spacial score (nSPS) is 28.4. The highest BCUT2D eigenvalue weighted by molar-refractivity contribution is 5.77. The number of benzene rings is 1. The second kappa shape index (κ2) is 10.5. The Kier molecular flexibility index (Phi) is 8.34. The lowest BCUT2D eigenvalue weighted by atomic mass is 9.96. The van der Waals surface area contributed by atoms with Gasteiger partial charge in [0.2, 0.25) is 11.8 Å². The zero-order valence-electron chi connectivity index (χ0n) is 15.9. The fourth-order valence-corrected chi connectivity index (χ4v) is 3.18. The molecule has 0 aromatic heterocycles. The zero-order chi connectivity index (χ0) is 20.7. The van der Waals surface area contributed by atoms with Crippen LogP contribution in [0.25, 0.3) is 0 Å². The molecule has 0 spiro atoms. The van der Waals surface area contributed by atoms with Crippen LogP contribution in [-0.2, 0) is 25.5 Å². The Bertz CT molecular complexity index is 642. The van der Waals surface area contributed by atoms with Gasteiger partial charge >= 0.3 is 0 Å². The molecule has 0 bridgehead atoms. The van der Waals surface area contributed by atoms with E-state index in [4.69, 9.17) is 9.47 Å². The molecule has 1 saturated heterocycles. The number of ether oxygens (including phenoxy) is 2. The van der Waals surface area contributed by atoms with Gasteiger partial charge in [-0.3, -0.25) is 9.59 Å². The van der Waals surface area contributed by atoms with Crippen molar-refractivity contribution in [2.45, 2.75) is 57.0 Å². The lowest BCUT2D eigenvalue weighted by molar-refractivity contribution is -0.261. The van der Waals surface area contributed by atoms with Crippen LogP contribution in [-0.4, -0.2) is 77.0 Å². The average Bonchev–Trinajstić information content (AvgIpc) is 2.64. The van der Waals surface area contributed by atoms with Crippen molar-refractivity contribution in [1.82, 2.24) is 10.6 Å². The molecule has 1 fully saturated rings. The van der Waals surface area contributed by atoms with Crippen LogP contribution >= 0.6 is 0 Å². The molecule has 0 aliphatic carbocycles. The standard InChI is InChI=1S/C19H28N2O7/c1-11(8-13-6-4-3-5-7-13)20-15(24)10-27-18-16(21-12(2)23)19(26)28-14(9-22)17(18)25/h3-7,11,14,16-19,22,25-26H,8-10H2,1-2H3,(H,20,24)(H,21,23). The van der Waals surface area contributed by atoms with Crippen LogP contribution < -0.4 is 10.6 Å². The van der Waals surface area contributed by atoms with Crippen molar-refractivity contribution < 1.29 is 34.4 Å². The van der Waals surface area contributed by atoms with Gasteiger partial charge in [-0.15, -0.1) is 0 Å². The molecule has 1 aromatic rings. The number of aliphatic hydroxyl groups is 3. The van der Waals surface area contributed by atoms with Crippen molar-refractivity contribution in [2.75, 3.05) is 13.2 Å². The molecule has 2 amide bonds. The summed E-state index contributed by atoms with van der Waals surface area (Å²) >= 11 is 0. The fourth-order valence-electron chi connectivity index (χ4n) is 3.18. The van der Waals surface area contributed by atoms with Crippen molar-refractivity contribution >= 4 is 11.8 Å². The van der Waals surface area contributed by atoms with E-state index in [1.165, 1.54) is 6.92 Å². The summed E-state index contributed by atoms with van der Waals surface area (Å²) in [6, 6.07) is 8.47. The Hall–Kier alpha value is -2.04. The molecule has 6 unspecified atom stereocenters. The van der Waals surface area contributed by atoms with Gasteiger partial charge in [-0.1, -0.05) is 30.3 Å². The molecule has 2 rings (SSSR count). The van der Waals surface area contributed by atoms with Crippen molar-refractivity contribution in [3.63, 3.8) is 0 Å². The Morgan fingerprint density at radius 2 is 1.93 bits per heavy atom. The third kappa shape index (κ3) is 6.25. The number of hydrogen-bond donors (Lipinski definition) is 5. The molecule has 1 heterocycles. The van der Waals surface area contributed by atoms with Crippen LogP contribution in [0.15, 0.2) is 30.3 Å². The third-order valence-corrected chi connectivity index (χ3v) is 4.44. The van der Waals surface area contributed by atoms with Gasteiger partial charge in [0.1, 0.15) is 31.0 Å². The first-order valence-corrected chi connectivity index (χ1v) is 9.16. The van der Waals surface area contributed by atoms with Crippen LogP contribution in [0.4, 0.5) is 0 Å². The van der Waals surface area contributed by atoms with E-state index in [0.717, 1.165) is 5.56 Å². The lowest BCUT2D eigenvalue weighted by Crippen LogP contribution is -2.65. The van der Waals surface area contributed by atoms with E-state index in [-0.39, 0.29) is 12.6 Å². The molecule has 156 valence electrons. The van der Waals surface area contributed by atoms with Gasteiger partial charge in [-0.25, -0.2) is 0 Å². The number of nitrogens with one attached hydrogen (secondary N) is 2. The van der Waals surface area contributed by atoms with E-state index in [1.54, 1.807) is 0 Å². The Morgan fingerprint density at radius 3 is 2.54 bits per heavy atom. The molecule has 1 aromatic carbocycles. The predicted octanol–water partition coefficient (Wildman–Crippen LogP) is -1.31. The highest BCUT2D eigenvalue weighted by Crippen LogP contribution is 2.22. The zero-order valence-corrected chi connectivity index (χ0v) is 15.9. The maximum atomic E-state index is 12.2. The molecular formula is C19H28N2O7. The second-order valence-corrected chi connectivity index (χ2v) is 6.90. The molecule has 28 heavy (non-hydrogen) atoms. The van der Waals surface area contributed by atoms with E-state index < -0.39 is 49.1 Å². The van der Waals surface area contributed by atoms with Gasteiger partial charge in [-0.05, 0) is 18.9 Å². The molecule has 9 nitrogen and oxygen atoms in total. The van der Waals surface area contributed by atoms with Crippen molar-refractivity contribution in [1.29, 1.82) is 0 Å². The van der Waals surface area contributed by atoms with Gasteiger partial charge in [0.15, 0.2) is 6.29 Å². The van der Waals surface area contributed by atoms with Crippen LogP contribution in [0, 0.1) is 0 Å². The van der Waals surface area contributed by atoms with Gasteiger partial charge in [0.05, 0.1) is 6.61 Å². The summed E-state index contributed by atoms with van der Waals surface area (Å²) in [4.78, 5) is 23.6. The summed E-state index contributed by atoms with van der Waals surface area (Å²) in [5, 5.41) is 34.9. The van der Waals surface area contributed by atoms with E-state index in [0.29, 0.717) is 6.42 Å². The minimum Gasteiger partial charge on any atom is -0.394 e. The molecule has 1 aliphatic heterocycles. The number of amides is 2. The highest BCUT2D eigenvalue weighted by atomic mass is 16.6. The number of rotatable bonds is 8. The molecule has 1 aliphatic rings. The predicted molar refractivity (Wildman–Crippen MR) is 99.1 cm³/mol. The monoisotopic (exact) mass is 396 g/mol. The number of carbonyl (C=O) groups is 2. The van der Waals surface area contributed by atoms with Crippen LogP contribution in [0.1, 0.15) is 19.4 Å². The number of carbonyl (C=O) groups excluding carboxylic acids is 2. The Labute approximate surface area is 163 Å². The molecule has 5 N–H and O–H groups in total. The van der Waals surface area contributed by atoms with Gasteiger partial charge in [0, 0.05) is 13.0 Å². The minimum atomic E-state index is -1.49. The average molecular weight is 396 g/mol. The first kappa shape index (κ1) is 22.3. The van der Waals surface area contributed by atoms with E-state index in [2.05, 4.69) is 10.6 Å². The topological polar surface area (TPSA) is 137 Å². The largest absolute Gasteiger partial charge is 0.394 e. The third-order valence-electron chi connectivity index (χ3n) is 4.44. The van der Waals surface area contributed by atoms with Crippen molar-refractivity contribution in [2.24, 2.45) is 0 Å². The van der Waals surface area contributed by atoms with Crippen molar-refractivity contribution in [3.05, 3.63) is 35.9 Å². The summed E-state index contributed by atoms with van der Waals surface area (Å²) in [7, 11) is 0. The number of hydrogen-bond acceptors (Lipinski definition) is 7. The van der Waals surface area contributed by atoms with Gasteiger partial charge in [-0.2, -0.15) is 0 Å². The summed E-state index contributed by atoms with van der Waals surface area (Å²) in [6.45, 7) is 2.17. The maximum absolute atomic E-state index is 12.2. The highest BCUT2D eigenvalue weighted by Gasteiger charge is 2.45. The molecule has 6 atom stereocenters. The fraction of sp³-hybridized carbons (Fsp3) is 0.579. The summed E-state index contributed by atoms with van der Waals surface area (Å²) in [5.41, 5.74) is 1.08. The Balaban J connectivity index is 1.92. The first-order valence-electron chi connectivity index (χ1n) is 9.16. The maximum Gasteiger partial charge on any atom is 0.246 e. The van der Waals surface area contributed by atoms with Crippen LogP contribution in [0.5, 0.6) is 0 Å². The quantitative estimate of drug-likeness (QED) is 0.368. The van der Waals surface area contributed by atoms with Crippen molar-refractivity contribution in [3.8, 4) is 0 Å².